The summed E-state index contributed by atoms with van der Waals surface area (Å²) in [6.45, 7) is 6.92. The third kappa shape index (κ3) is 3.53. The molecule has 0 unspecified atom stereocenters. The Morgan fingerprint density at radius 3 is 2.68 bits per heavy atom. The van der Waals surface area contributed by atoms with Crippen LogP contribution in [0.2, 0.25) is 0 Å². The number of allylic oxidation sites excluding steroid dienone is 4. The molecule has 2 N–H and O–H groups in total. The molecule has 4 aliphatic carbocycles. The van der Waals surface area contributed by atoms with Gasteiger partial charge in [-0.1, -0.05) is 30.7 Å². The summed E-state index contributed by atoms with van der Waals surface area (Å²) < 4.78 is 0. The van der Waals surface area contributed by atoms with E-state index in [1.165, 1.54) is 10.5 Å². The molecule has 1 saturated heterocycles. The zero-order chi connectivity index (χ0) is 24.3. The first-order chi connectivity index (χ1) is 16.1. The molecule has 7 atom stereocenters. The smallest absolute Gasteiger partial charge is 0.326 e. The predicted molar refractivity (Wildman–Crippen MR) is 128 cm³/mol. The Kier molecular flexibility index (Phi) is 5.70. The van der Waals surface area contributed by atoms with E-state index in [2.05, 4.69) is 31.2 Å². The van der Waals surface area contributed by atoms with Gasteiger partial charge in [-0.3, -0.25) is 4.79 Å². The highest BCUT2D eigenvalue weighted by Crippen LogP contribution is 2.66. The average Bonchev–Trinajstić information content (AvgIpc) is 3.37. The SMILES string of the molecule is C[C@]12C=CC(=NOCC(=O)N3CCC[C@@H]3C(=O)O)C=C1CC[C@@H]1[C@@H]2CC[C@@]2(C)[C@H]1CC[C@]2(C)O. The molecule has 1 heterocycles. The number of amides is 1. The van der Waals surface area contributed by atoms with Crippen LogP contribution in [0.15, 0.2) is 29.0 Å². The maximum atomic E-state index is 12.4. The van der Waals surface area contributed by atoms with Crippen molar-refractivity contribution in [2.24, 2.45) is 33.7 Å². The lowest BCUT2D eigenvalue weighted by Gasteiger charge is -2.58. The summed E-state index contributed by atoms with van der Waals surface area (Å²) in [5.74, 6) is 0.496. The summed E-state index contributed by atoms with van der Waals surface area (Å²) in [5.41, 5.74) is 1.54. The zero-order valence-corrected chi connectivity index (χ0v) is 20.6. The Hall–Kier alpha value is -2.15. The molecule has 5 rings (SSSR count). The second-order valence-electron chi connectivity index (χ2n) is 11.8. The van der Waals surface area contributed by atoms with E-state index in [-0.39, 0.29) is 23.3 Å². The number of carbonyl (C=O) groups excluding carboxylic acids is 1. The number of likely N-dealkylation sites (tertiary alicyclic amines) is 1. The molecule has 0 bridgehead atoms. The summed E-state index contributed by atoms with van der Waals surface area (Å²) in [5, 5.41) is 24.6. The number of rotatable bonds is 4. The first-order valence-electron chi connectivity index (χ1n) is 12.9. The average molecular weight is 471 g/mol. The number of carboxylic acid groups (broad SMARTS) is 1. The third-order valence-electron chi connectivity index (χ3n) is 10.3. The summed E-state index contributed by atoms with van der Waals surface area (Å²) in [6.07, 6.45) is 14.0. The van der Waals surface area contributed by atoms with E-state index >= 15 is 0 Å². The van der Waals surface area contributed by atoms with Crippen molar-refractivity contribution in [1.82, 2.24) is 4.90 Å². The van der Waals surface area contributed by atoms with Crippen LogP contribution in [0.1, 0.15) is 72.1 Å². The van der Waals surface area contributed by atoms with Crippen molar-refractivity contribution >= 4 is 17.6 Å². The molecule has 7 nitrogen and oxygen atoms in total. The number of oxime groups is 1. The molecule has 0 aromatic heterocycles. The van der Waals surface area contributed by atoms with Gasteiger partial charge in [0.15, 0.2) is 6.61 Å². The first-order valence-corrected chi connectivity index (χ1v) is 12.9. The molecular weight excluding hydrogens is 432 g/mol. The van der Waals surface area contributed by atoms with E-state index in [4.69, 9.17) is 4.84 Å². The van der Waals surface area contributed by atoms with Crippen LogP contribution in [0.25, 0.3) is 0 Å². The maximum Gasteiger partial charge on any atom is 0.326 e. The van der Waals surface area contributed by atoms with Crippen LogP contribution in [-0.4, -0.2) is 57.5 Å². The summed E-state index contributed by atoms with van der Waals surface area (Å²) in [4.78, 5) is 30.5. The lowest BCUT2D eigenvalue weighted by atomic mass is 9.47. The van der Waals surface area contributed by atoms with Crippen molar-refractivity contribution in [3.05, 3.63) is 23.8 Å². The monoisotopic (exact) mass is 470 g/mol. The van der Waals surface area contributed by atoms with E-state index in [0.29, 0.717) is 42.9 Å². The molecule has 0 spiro atoms. The van der Waals surface area contributed by atoms with Crippen molar-refractivity contribution in [2.45, 2.75) is 83.8 Å². The van der Waals surface area contributed by atoms with Crippen LogP contribution in [0.5, 0.6) is 0 Å². The standard InChI is InChI=1S/C27H38N2O5/c1-25-11-8-18(28-34-16-23(30)29-14-4-5-22(29)24(31)32)15-17(25)6-7-19-20(25)9-12-26(2)21(19)10-13-27(26,3)33/h8,11,15,19-22,33H,4-7,9-10,12-14,16H2,1-3H3,(H,31,32)/t19-,20+,21+,22-,25+,26+,27+/m1/s1. The van der Waals surface area contributed by atoms with Crippen LogP contribution in [0.3, 0.4) is 0 Å². The Balaban J connectivity index is 1.25. The molecule has 1 amide bonds. The van der Waals surface area contributed by atoms with Gasteiger partial charge in [0.25, 0.3) is 5.91 Å². The third-order valence-corrected chi connectivity index (χ3v) is 10.3. The number of aliphatic carboxylic acids is 1. The number of carboxylic acids is 1. The Morgan fingerprint density at radius 2 is 1.91 bits per heavy atom. The lowest BCUT2D eigenvalue weighted by Crippen LogP contribution is -2.53. The molecule has 1 aliphatic heterocycles. The van der Waals surface area contributed by atoms with Gasteiger partial charge in [0.1, 0.15) is 11.8 Å². The van der Waals surface area contributed by atoms with E-state index in [1.54, 1.807) is 0 Å². The van der Waals surface area contributed by atoms with Crippen LogP contribution in [-0.2, 0) is 14.4 Å². The summed E-state index contributed by atoms with van der Waals surface area (Å²) >= 11 is 0. The van der Waals surface area contributed by atoms with Gasteiger partial charge in [0.2, 0.25) is 0 Å². The molecule has 0 aromatic carbocycles. The largest absolute Gasteiger partial charge is 0.480 e. The van der Waals surface area contributed by atoms with E-state index in [0.717, 1.165) is 38.5 Å². The van der Waals surface area contributed by atoms with Gasteiger partial charge in [-0.2, -0.15) is 0 Å². The van der Waals surface area contributed by atoms with Crippen molar-refractivity contribution in [3.63, 3.8) is 0 Å². The van der Waals surface area contributed by atoms with Crippen molar-refractivity contribution < 1.29 is 24.6 Å². The lowest BCUT2D eigenvalue weighted by molar-refractivity contribution is -0.150. The molecule has 3 saturated carbocycles. The number of nitrogens with zero attached hydrogens (tertiary/aromatic N) is 2. The van der Waals surface area contributed by atoms with Crippen LogP contribution < -0.4 is 0 Å². The molecule has 34 heavy (non-hydrogen) atoms. The minimum absolute atomic E-state index is 0.00219. The van der Waals surface area contributed by atoms with Crippen molar-refractivity contribution in [2.75, 3.05) is 13.2 Å². The summed E-state index contributed by atoms with van der Waals surface area (Å²) in [6, 6.07) is -0.753. The first kappa shape index (κ1) is 23.6. The Labute approximate surface area is 201 Å². The highest BCUT2D eigenvalue weighted by atomic mass is 16.6. The molecule has 0 radical (unpaired) electrons. The van der Waals surface area contributed by atoms with Gasteiger partial charge < -0.3 is 20.0 Å². The quantitative estimate of drug-likeness (QED) is 0.607. The Morgan fingerprint density at radius 1 is 1.15 bits per heavy atom. The van der Waals surface area contributed by atoms with Gasteiger partial charge in [-0.05, 0) is 93.6 Å². The minimum Gasteiger partial charge on any atom is -0.480 e. The number of hydrogen-bond donors (Lipinski definition) is 2. The van der Waals surface area contributed by atoms with Crippen LogP contribution >= 0.6 is 0 Å². The van der Waals surface area contributed by atoms with Gasteiger partial charge in [0, 0.05) is 12.0 Å². The van der Waals surface area contributed by atoms with Gasteiger partial charge >= 0.3 is 5.97 Å². The van der Waals surface area contributed by atoms with Gasteiger partial charge in [0.05, 0.1) is 5.60 Å². The van der Waals surface area contributed by atoms with Gasteiger partial charge in [-0.25, -0.2) is 4.79 Å². The molecule has 7 heteroatoms. The highest BCUT2D eigenvalue weighted by Gasteiger charge is 2.62. The van der Waals surface area contributed by atoms with Crippen molar-refractivity contribution in [3.8, 4) is 0 Å². The van der Waals surface area contributed by atoms with E-state index < -0.39 is 17.6 Å². The van der Waals surface area contributed by atoms with Crippen LogP contribution in [0, 0.1) is 28.6 Å². The fourth-order valence-corrected chi connectivity index (χ4v) is 8.07. The fourth-order valence-electron chi connectivity index (χ4n) is 8.07. The highest BCUT2D eigenvalue weighted by molar-refractivity contribution is 6.05. The van der Waals surface area contributed by atoms with Crippen molar-refractivity contribution in [1.29, 1.82) is 0 Å². The van der Waals surface area contributed by atoms with Crippen LogP contribution in [0.4, 0.5) is 0 Å². The molecular formula is C27H38N2O5. The molecule has 186 valence electrons. The van der Waals surface area contributed by atoms with E-state index in [1.807, 2.05) is 13.0 Å². The zero-order valence-electron chi connectivity index (χ0n) is 20.6. The molecule has 0 aromatic rings. The maximum absolute atomic E-state index is 12.4. The van der Waals surface area contributed by atoms with E-state index in [9.17, 15) is 19.8 Å². The molecule has 4 fully saturated rings. The Bertz CT molecular complexity index is 968. The number of hydrogen-bond acceptors (Lipinski definition) is 5. The minimum atomic E-state index is -0.962. The normalized spacial score (nSPS) is 44.3. The fraction of sp³-hybridized carbons (Fsp3) is 0.741. The predicted octanol–water partition coefficient (Wildman–Crippen LogP) is 3.92. The number of fused-ring (bicyclic) bond motifs is 5. The molecule has 5 aliphatic rings. The number of aliphatic hydroxyl groups is 1. The second kappa shape index (κ2) is 8.21. The summed E-state index contributed by atoms with van der Waals surface area (Å²) in [7, 11) is 0. The van der Waals surface area contributed by atoms with Gasteiger partial charge in [-0.15, -0.1) is 0 Å². The second-order valence-corrected chi connectivity index (χ2v) is 11.8. The topological polar surface area (TPSA) is 99.4 Å². The number of carbonyl (C=O) groups is 2.